The van der Waals surface area contributed by atoms with Gasteiger partial charge in [-0.1, -0.05) is 24.8 Å². The van der Waals surface area contributed by atoms with Gasteiger partial charge in [0.2, 0.25) is 5.89 Å². The van der Waals surface area contributed by atoms with Gasteiger partial charge < -0.3 is 9.15 Å². The van der Waals surface area contributed by atoms with Crippen molar-refractivity contribution in [1.82, 2.24) is 4.98 Å². The summed E-state index contributed by atoms with van der Waals surface area (Å²) in [4.78, 5) is 4.47. The largest absolute Gasteiger partial charge is 0.496 e. The van der Waals surface area contributed by atoms with Crippen LogP contribution in [0.25, 0.3) is 28.6 Å². The summed E-state index contributed by atoms with van der Waals surface area (Å²) in [6, 6.07) is 13.5. The fourth-order valence-corrected chi connectivity index (χ4v) is 2.02. The normalized spacial score (nSPS) is 10.6. The van der Waals surface area contributed by atoms with Gasteiger partial charge in [0, 0.05) is 11.1 Å². The third-order valence-electron chi connectivity index (χ3n) is 2.99. The van der Waals surface area contributed by atoms with Crippen LogP contribution in [0.3, 0.4) is 0 Å². The Hall–Kier alpha value is -2.55. The Balaban J connectivity index is 2.13. The molecule has 0 radical (unpaired) electrons. The number of fused-ring (bicyclic) bond motifs is 1. The molecule has 0 unspecified atom stereocenters. The average Bonchev–Trinajstić information content (AvgIpc) is 2.90. The lowest BCUT2D eigenvalue weighted by molar-refractivity contribution is 0.414. The predicted octanol–water partition coefficient (Wildman–Crippen LogP) is 4.15. The van der Waals surface area contributed by atoms with Crippen molar-refractivity contribution in [3.8, 4) is 17.2 Å². The van der Waals surface area contributed by atoms with E-state index in [0.29, 0.717) is 5.89 Å². The molecule has 0 atom stereocenters. The number of hydrogen-bond acceptors (Lipinski definition) is 3. The van der Waals surface area contributed by atoms with Gasteiger partial charge in [-0.15, -0.1) is 0 Å². The van der Waals surface area contributed by atoms with Gasteiger partial charge in [0.25, 0.3) is 0 Å². The van der Waals surface area contributed by atoms with E-state index in [0.717, 1.165) is 28.0 Å². The second-order valence-corrected chi connectivity index (χ2v) is 4.15. The summed E-state index contributed by atoms with van der Waals surface area (Å²) >= 11 is 0. The topological polar surface area (TPSA) is 35.3 Å². The van der Waals surface area contributed by atoms with Crippen LogP contribution < -0.4 is 4.74 Å². The van der Waals surface area contributed by atoms with Crippen LogP contribution in [0.1, 0.15) is 5.56 Å². The maximum Gasteiger partial charge on any atom is 0.227 e. The fraction of sp³-hybridized carbons (Fsp3) is 0.0625. The highest BCUT2D eigenvalue weighted by Gasteiger charge is 2.09. The first kappa shape index (κ1) is 11.5. The summed E-state index contributed by atoms with van der Waals surface area (Å²) in [6.07, 6.45) is 1.75. The first-order valence-electron chi connectivity index (χ1n) is 5.98. The molecule has 0 bridgehead atoms. The number of rotatable bonds is 3. The summed E-state index contributed by atoms with van der Waals surface area (Å²) in [5.74, 6) is 1.39. The van der Waals surface area contributed by atoms with Crippen LogP contribution in [-0.2, 0) is 0 Å². The highest BCUT2D eigenvalue weighted by molar-refractivity contribution is 5.76. The molecule has 3 nitrogen and oxygen atoms in total. The van der Waals surface area contributed by atoms with E-state index in [4.69, 9.17) is 9.15 Å². The van der Waals surface area contributed by atoms with Crippen molar-refractivity contribution in [3.63, 3.8) is 0 Å². The third kappa shape index (κ3) is 1.99. The zero-order valence-electron chi connectivity index (χ0n) is 10.6. The lowest BCUT2D eigenvalue weighted by atomic mass is 10.1. The van der Waals surface area contributed by atoms with Crippen molar-refractivity contribution in [3.05, 3.63) is 54.6 Å². The molecule has 3 rings (SSSR count). The molecule has 0 saturated carbocycles. The van der Waals surface area contributed by atoms with E-state index in [1.807, 2.05) is 42.5 Å². The number of para-hydroxylation sites is 2. The van der Waals surface area contributed by atoms with E-state index in [1.165, 1.54) is 0 Å². The number of hydrogen-bond donors (Lipinski definition) is 0. The Bertz CT molecular complexity index is 710. The van der Waals surface area contributed by atoms with Crippen LogP contribution in [0.2, 0.25) is 0 Å². The molecule has 0 amide bonds. The Morgan fingerprint density at radius 1 is 1.21 bits per heavy atom. The van der Waals surface area contributed by atoms with Gasteiger partial charge in [-0.2, -0.15) is 0 Å². The van der Waals surface area contributed by atoms with Crippen LogP contribution in [0.15, 0.2) is 53.5 Å². The fourth-order valence-electron chi connectivity index (χ4n) is 2.02. The summed E-state index contributed by atoms with van der Waals surface area (Å²) in [5, 5.41) is 0. The van der Waals surface area contributed by atoms with Gasteiger partial charge in [-0.25, -0.2) is 4.98 Å². The molecule has 94 valence electrons. The Kier molecular flexibility index (Phi) is 2.80. The molecule has 0 saturated heterocycles. The van der Waals surface area contributed by atoms with Crippen molar-refractivity contribution in [2.75, 3.05) is 7.11 Å². The summed E-state index contributed by atoms with van der Waals surface area (Å²) in [6.45, 7) is 3.79. The molecule has 3 heteroatoms. The monoisotopic (exact) mass is 251 g/mol. The van der Waals surface area contributed by atoms with Crippen LogP contribution >= 0.6 is 0 Å². The zero-order chi connectivity index (χ0) is 13.2. The quantitative estimate of drug-likeness (QED) is 0.701. The molecule has 0 aliphatic rings. The number of ether oxygens (including phenoxy) is 1. The van der Waals surface area contributed by atoms with E-state index < -0.39 is 0 Å². The van der Waals surface area contributed by atoms with E-state index in [-0.39, 0.29) is 0 Å². The highest BCUT2D eigenvalue weighted by Crippen LogP contribution is 2.29. The van der Waals surface area contributed by atoms with Crippen molar-refractivity contribution < 1.29 is 9.15 Å². The SMILES string of the molecule is C=Cc1cc(-c2nc3ccccc3o2)ccc1OC. The van der Waals surface area contributed by atoms with Gasteiger partial charge in [0.15, 0.2) is 5.58 Å². The first-order valence-corrected chi connectivity index (χ1v) is 5.98. The van der Waals surface area contributed by atoms with Crippen LogP contribution in [-0.4, -0.2) is 12.1 Å². The second-order valence-electron chi connectivity index (χ2n) is 4.15. The third-order valence-corrected chi connectivity index (χ3v) is 2.99. The van der Waals surface area contributed by atoms with Gasteiger partial charge in [-0.3, -0.25) is 0 Å². The first-order chi connectivity index (χ1) is 9.31. The van der Waals surface area contributed by atoms with Gasteiger partial charge >= 0.3 is 0 Å². The van der Waals surface area contributed by atoms with Gasteiger partial charge in [0.1, 0.15) is 11.3 Å². The van der Waals surface area contributed by atoms with E-state index in [1.54, 1.807) is 13.2 Å². The van der Waals surface area contributed by atoms with Crippen LogP contribution in [0.5, 0.6) is 5.75 Å². The van der Waals surface area contributed by atoms with Crippen LogP contribution in [0, 0.1) is 0 Å². The van der Waals surface area contributed by atoms with Gasteiger partial charge in [-0.05, 0) is 30.3 Å². The Labute approximate surface area is 111 Å². The maximum atomic E-state index is 5.74. The number of methoxy groups -OCH3 is 1. The van der Waals surface area contributed by atoms with Crippen molar-refractivity contribution in [2.24, 2.45) is 0 Å². The molecular formula is C16H13NO2. The summed E-state index contributed by atoms with van der Waals surface area (Å²) < 4.78 is 11.0. The predicted molar refractivity (Wildman–Crippen MR) is 76.1 cm³/mol. The van der Waals surface area contributed by atoms with E-state index >= 15 is 0 Å². The maximum absolute atomic E-state index is 5.74. The Morgan fingerprint density at radius 2 is 2.05 bits per heavy atom. The van der Waals surface area contributed by atoms with Crippen molar-refractivity contribution in [1.29, 1.82) is 0 Å². The Morgan fingerprint density at radius 3 is 2.79 bits per heavy atom. The highest BCUT2D eigenvalue weighted by atomic mass is 16.5. The summed E-state index contributed by atoms with van der Waals surface area (Å²) in [5.41, 5.74) is 3.47. The smallest absolute Gasteiger partial charge is 0.227 e. The molecule has 0 N–H and O–H groups in total. The molecule has 1 heterocycles. The molecule has 0 aliphatic heterocycles. The molecule has 19 heavy (non-hydrogen) atoms. The molecule has 3 aromatic rings. The number of benzene rings is 2. The summed E-state index contributed by atoms with van der Waals surface area (Å²) in [7, 11) is 1.64. The standard InChI is InChI=1S/C16H13NO2/c1-3-11-10-12(8-9-14(11)18-2)16-17-13-6-4-5-7-15(13)19-16/h3-10H,1H2,2H3. The molecule has 0 fully saturated rings. The second kappa shape index (κ2) is 4.61. The van der Waals surface area contributed by atoms with E-state index in [2.05, 4.69) is 11.6 Å². The van der Waals surface area contributed by atoms with Crippen molar-refractivity contribution in [2.45, 2.75) is 0 Å². The lowest BCUT2D eigenvalue weighted by Crippen LogP contribution is -1.87. The number of aromatic nitrogens is 1. The average molecular weight is 251 g/mol. The minimum absolute atomic E-state index is 0.604. The number of nitrogens with zero attached hydrogens (tertiary/aromatic N) is 1. The minimum atomic E-state index is 0.604. The molecule has 2 aromatic carbocycles. The van der Waals surface area contributed by atoms with E-state index in [9.17, 15) is 0 Å². The molecular weight excluding hydrogens is 238 g/mol. The lowest BCUT2D eigenvalue weighted by Gasteiger charge is -2.05. The zero-order valence-corrected chi connectivity index (χ0v) is 10.6. The van der Waals surface area contributed by atoms with Crippen molar-refractivity contribution >= 4 is 17.2 Å². The molecule has 0 spiro atoms. The molecule has 1 aromatic heterocycles. The number of oxazole rings is 1. The van der Waals surface area contributed by atoms with Crippen LogP contribution in [0.4, 0.5) is 0 Å². The van der Waals surface area contributed by atoms with Gasteiger partial charge in [0.05, 0.1) is 7.11 Å². The minimum Gasteiger partial charge on any atom is -0.496 e. The molecule has 0 aliphatic carbocycles.